The van der Waals surface area contributed by atoms with Crippen molar-refractivity contribution in [2.24, 2.45) is 23.2 Å². The van der Waals surface area contributed by atoms with E-state index in [2.05, 4.69) is 34.6 Å². The Morgan fingerprint density at radius 1 is 0.889 bits per heavy atom. The second-order valence-corrected chi connectivity index (χ2v) is 11.0. The Balaban J connectivity index is 2.92. The number of hydrogen-bond acceptors (Lipinski definition) is 2. The summed E-state index contributed by atoms with van der Waals surface area (Å²) in [4.78, 5) is 0. The maximum atomic E-state index is 6.71. The third-order valence-corrected chi connectivity index (χ3v) is 6.74. The van der Waals surface area contributed by atoms with Crippen molar-refractivity contribution in [1.82, 2.24) is 0 Å². The summed E-state index contributed by atoms with van der Waals surface area (Å²) in [5.41, 5.74) is 0.0382. The molecule has 0 N–H and O–H groups in total. The summed E-state index contributed by atoms with van der Waals surface area (Å²) in [6.07, 6.45) is 9.90. The van der Waals surface area contributed by atoms with E-state index in [4.69, 9.17) is 32.7 Å². The first-order valence-corrected chi connectivity index (χ1v) is 12.0. The second-order valence-electron chi connectivity index (χ2n) is 9.38. The molecule has 4 heteroatoms. The van der Waals surface area contributed by atoms with Crippen LogP contribution in [0.5, 0.6) is 0 Å². The molecule has 0 atom stereocenters. The van der Waals surface area contributed by atoms with E-state index in [1.54, 1.807) is 0 Å². The average molecular weight is 424 g/mol. The summed E-state index contributed by atoms with van der Waals surface area (Å²) >= 11 is 13.4. The summed E-state index contributed by atoms with van der Waals surface area (Å²) in [6.45, 7) is 14.3. The van der Waals surface area contributed by atoms with Gasteiger partial charge in [-0.25, -0.2) is 0 Å². The fourth-order valence-electron chi connectivity index (χ4n) is 4.47. The molecule has 1 rings (SSSR count). The van der Waals surface area contributed by atoms with Crippen molar-refractivity contribution in [3.8, 4) is 0 Å². The predicted molar refractivity (Wildman–Crippen MR) is 119 cm³/mol. The molecule has 1 aliphatic carbocycles. The number of ether oxygens (including phenoxy) is 2. The lowest BCUT2D eigenvalue weighted by Crippen LogP contribution is -2.43. The van der Waals surface area contributed by atoms with Crippen LogP contribution in [0.4, 0.5) is 0 Å². The molecule has 0 aromatic rings. The fraction of sp³-hybridized carbons (Fsp3) is 1.00. The molecule has 0 radical (unpaired) electrons. The van der Waals surface area contributed by atoms with Crippen LogP contribution in [-0.4, -0.2) is 30.8 Å². The molecule has 1 aliphatic rings. The molecule has 0 heterocycles. The van der Waals surface area contributed by atoms with Crippen molar-refractivity contribution >= 4 is 23.2 Å². The van der Waals surface area contributed by atoms with Gasteiger partial charge in [-0.1, -0.05) is 47.5 Å². The molecule has 0 saturated heterocycles. The molecule has 162 valence electrons. The maximum Gasteiger partial charge on any atom is 0.118 e. The smallest absolute Gasteiger partial charge is 0.118 e. The van der Waals surface area contributed by atoms with Gasteiger partial charge >= 0.3 is 0 Å². The highest BCUT2D eigenvalue weighted by molar-refractivity contribution is 6.48. The van der Waals surface area contributed by atoms with Crippen molar-refractivity contribution in [3.05, 3.63) is 0 Å². The van der Waals surface area contributed by atoms with Gasteiger partial charge in [-0.05, 0) is 62.7 Å². The van der Waals surface area contributed by atoms with Gasteiger partial charge in [-0.15, -0.1) is 23.2 Å². The molecule has 27 heavy (non-hydrogen) atoms. The highest BCUT2D eigenvalue weighted by atomic mass is 35.5. The van der Waals surface area contributed by atoms with Gasteiger partial charge in [0.05, 0.1) is 13.2 Å². The van der Waals surface area contributed by atoms with Gasteiger partial charge in [0.2, 0.25) is 0 Å². The van der Waals surface area contributed by atoms with E-state index in [-0.39, 0.29) is 5.41 Å². The first-order valence-electron chi connectivity index (χ1n) is 11.3. The Morgan fingerprint density at radius 2 is 1.41 bits per heavy atom. The Morgan fingerprint density at radius 3 is 1.85 bits per heavy atom. The van der Waals surface area contributed by atoms with Crippen LogP contribution in [0.15, 0.2) is 0 Å². The predicted octanol–water partition coefficient (Wildman–Crippen LogP) is 7.65. The van der Waals surface area contributed by atoms with Gasteiger partial charge in [0.15, 0.2) is 0 Å². The lowest BCUT2D eigenvalue weighted by atomic mass is 9.65. The molecular formula is C23H44Cl2O2. The van der Waals surface area contributed by atoms with Crippen LogP contribution >= 0.6 is 23.2 Å². The monoisotopic (exact) mass is 422 g/mol. The SMILES string of the molecule is CCCOCC(CCC(Cl)(Cl)CC(C)C)(COCCC)C1CCC(C)CC1. The van der Waals surface area contributed by atoms with Crippen LogP contribution in [0.25, 0.3) is 0 Å². The first kappa shape index (κ1) is 25.5. The highest BCUT2D eigenvalue weighted by Crippen LogP contribution is 2.47. The Labute approximate surface area is 179 Å². The number of rotatable bonds is 14. The molecule has 0 unspecified atom stereocenters. The largest absolute Gasteiger partial charge is 0.381 e. The molecule has 0 bridgehead atoms. The molecule has 0 aliphatic heterocycles. The molecule has 0 spiro atoms. The van der Waals surface area contributed by atoms with Gasteiger partial charge in [-0.2, -0.15) is 0 Å². The fourth-order valence-corrected chi connectivity index (χ4v) is 5.28. The molecule has 0 amide bonds. The molecular weight excluding hydrogens is 379 g/mol. The summed E-state index contributed by atoms with van der Waals surface area (Å²) in [5.74, 6) is 1.98. The van der Waals surface area contributed by atoms with Crippen LogP contribution in [0.1, 0.15) is 92.4 Å². The minimum atomic E-state index is -0.656. The van der Waals surface area contributed by atoms with Gasteiger partial charge in [0.1, 0.15) is 4.33 Å². The number of hydrogen-bond donors (Lipinski definition) is 0. The van der Waals surface area contributed by atoms with Crippen molar-refractivity contribution in [2.75, 3.05) is 26.4 Å². The van der Waals surface area contributed by atoms with Gasteiger partial charge in [-0.3, -0.25) is 0 Å². The highest BCUT2D eigenvalue weighted by Gasteiger charge is 2.42. The summed E-state index contributed by atoms with van der Waals surface area (Å²) < 4.78 is 11.6. The minimum absolute atomic E-state index is 0.0382. The minimum Gasteiger partial charge on any atom is -0.381 e. The summed E-state index contributed by atoms with van der Waals surface area (Å²) in [7, 11) is 0. The molecule has 0 aromatic carbocycles. The second kappa shape index (κ2) is 12.9. The quantitative estimate of drug-likeness (QED) is 0.211. The Kier molecular flexibility index (Phi) is 12.2. The summed E-state index contributed by atoms with van der Waals surface area (Å²) in [6, 6.07) is 0. The van der Waals surface area contributed by atoms with E-state index in [0.717, 1.165) is 64.4 Å². The Bertz CT molecular complexity index is 367. The van der Waals surface area contributed by atoms with E-state index in [1.807, 2.05) is 0 Å². The molecule has 1 saturated carbocycles. The van der Waals surface area contributed by atoms with Crippen molar-refractivity contribution in [1.29, 1.82) is 0 Å². The third-order valence-electron chi connectivity index (χ3n) is 6.05. The zero-order valence-electron chi connectivity index (χ0n) is 18.5. The molecule has 0 aromatic heterocycles. The van der Waals surface area contributed by atoms with E-state index in [0.29, 0.717) is 11.8 Å². The van der Waals surface area contributed by atoms with Crippen LogP contribution in [0.3, 0.4) is 0 Å². The van der Waals surface area contributed by atoms with Gasteiger partial charge in [0.25, 0.3) is 0 Å². The number of alkyl halides is 2. The van der Waals surface area contributed by atoms with E-state index < -0.39 is 4.33 Å². The molecule has 2 nitrogen and oxygen atoms in total. The first-order chi connectivity index (χ1) is 12.7. The lowest BCUT2D eigenvalue weighted by molar-refractivity contribution is -0.0733. The van der Waals surface area contributed by atoms with Crippen LogP contribution < -0.4 is 0 Å². The van der Waals surface area contributed by atoms with Crippen LogP contribution in [-0.2, 0) is 9.47 Å². The lowest BCUT2D eigenvalue weighted by Gasteiger charge is -2.44. The van der Waals surface area contributed by atoms with Crippen LogP contribution in [0.2, 0.25) is 0 Å². The standard InChI is InChI=1S/C23H44Cl2O2/c1-6-14-26-17-22(18-27-15-7-2,21-10-8-20(5)9-11-21)12-13-23(24,25)16-19(3)4/h19-21H,6-18H2,1-5H3. The van der Waals surface area contributed by atoms with Crippen molar-refractivity contribution in [2.45, 2.75) is 96.7 Å². The average Bonchev–Trinajstić information content (AvgIpc) is 2.59. The normalized spacial score (nSPS) is 21.8. The van der Waals surface area contributed by atoms with E-state index in [9.17, 15) is 0 Å². The third kappa shape index (κ3) is 9.70. The van der Waals surface area contributed by atoms with E-state index >= 15 is 0 Å². The topological polar surface area (TPSA) is 18.5 Å². The molecule has 1 fully saturated rings. The summed E-state index contributed by atoms with van der Waals surface area (Å²) in [5, 5.41) is 0. The van der Waals surface area contributed by atoms with Gasteiger partial charge in [0, 0.05) is 18.6 Å². The zero-order valence-corrected chi connectivity index (χ0v) is 20.0. The maximum absolute atomic E-state index is 6.71. The van der Waals surface area contributed by atoms with Crippen molar-refractivity contribution in [3.63, 3.8) is 0 Å². The van der Waals surface area contributed by atoms with Gasteiger partial charge < -0.3 is 9.47 Å². The van der Waals surface area contributed by atoms with Crippen LogP contribution in [0, 0.1) is 23.2 Å². The van der Waals surface area contributed by atoms with E-state index in [1.165, 1.54) is 25.7 Å². The Hall–Kier alpha value is 0.500. The number of halogens is 2. The zero-order chi connectivity index (χ0) is 20.3. The van der Waals surface area contributed by atoms with Crippen molar-refractivity contribution < 1.29 is 9.47 Å².